The number of ether oxygens (including phenoxy) is 1. The van der Waals surface area contributed by atoms with E-state index in [9.17, 15) is 5.11 Å². The van der Waals surface area contributed by atoms with Crippen molar-refractivity contribution in [2.45, 2.75) is 89.9 Å². The van der Waals surface area contributed by atoms with Crippen molar-refractivity contribution in [2.75, 3.05) is 0 Å². The second-order valence-electron chi connectivity index (χ2n) is 10.1. The molecule has 1 aliphatic heterocycles. The lowest BCUT2D eigenvalue weighted by molar-refractivity contribution is -0.143. The highest BCUT2D eigenvalue weighted by Gasteiger charge is 2.65. The maximum atomic E-state index is 11.0. The number of fused-ring (bicyclic) bond motifs is 6. The second kappa shape index (κ2) is 4.11. The molecule has 1 N–H and O–H groups in total. The minimum Gasteiger partial charge on any atom is -0.390 e. The van der Waals surface area contributed by atoms with Gasteiger partial charge in [-0.1, -0.05) is 13.8 Å². The maximum Gasteiger partial charge on any atom is 0.0847 e. The summed E-state index contributed by atoms with van der Waals surface area (Å²) in [5, 5.41) is 11.0. The molecule has 0 aromatic carbocycles. The van der Waals surface area contributed by atoms with Gasteiger partial charge in [0.05, 0.1) is 17.8 Å². The molecule has 22 heavy (non-hydrogen) atoms. The normalized spacial score (nSPS) is 66.0. The molecule has 1 heterocycles. The van der Waals surface area contributed by atoms with Gasteiger partial charge in [-0.2, -0.15) is 0 Å². The number of epoxide rings is 1. The third kappa shape index (κ3) is 1.59. The van der Waals surface area contributed by atoms with Crippen molar-refractivity contribution in [1.29, 1.82) is 0 Å². The van der Waals surface area contributed by atoms with E-state index >= 15 is 0 Å². The molecule has 1 unspecified atom stereocenters. The first-order valence-electron chi connectivity index (χ1n) is 9.73. The predicted molar refractivity (Wildman–Crippen MR) is 86.4 cm³/mol. The molecule has 0 aromatic heterocycles. The fourth-order valence-corrected chi connectivity index (χ4v) is 7.76. The smallest absolute Gasteiger partial charge is 0.0847 e. The summed E-state index contributed by atoms with van der Waals surface area (Å²) in [4.78, 5) is 0. The molecule has 0 amide bonds. The Balaban J connectivity index is 1.48. The van der Waals surface area contributed by atoms with Crippen LogP contribution in [0, 0.1) is 34.5 Å². The van der Waals surface area contributed by atoms with Crippen molar-refractivity contribution < 1.29 is 9.84 Å². The Morgan fingerprint density at radius 1 is 0.909 bits per heavy atom. The lowest BCUT2D eigenvalue weighted by Crippen LogP contribution is -2.56. The van der Waals surface area contributed by atoms with Crippen LogP contribution in [0.1, 0.15) is 72.1 Å². The van der Waals surface area contributed by atoms with Crippen molar-refractivity contribution in [2.24, 2.45) is 34.5 Å². The number of hydrogen-bond acceptors (Lipinski definition) is 2. The SMILES string of the molecule is C[C@]12C[C@H]3O[C@H]3CC1CC[C@@H]1[C@@H]2CC[C@@]2(C)[C@H]1CC[C@]2(C)O. The van der Waals surface area contributed by atoms with Gasteiger partial charge in [-0.15, -0.1) is 0 Å². The molecule has 4 aliphatic carbocycles. The van der Waals surface area contributed by atoms with Crippen LogP contribution in [-0.2, 0) is 4.74 Å². The van der Waals surface area contributed by atoms with E-state index in [1.807, 2.05) is 0 Å². The summed E-state index contributed by atoms with van der Waals surface area (Å²) in [7, 11) is 0. The zero-order valence-electron chi connectivity index (χ0n) is 14.5. The van der Waals surface area contributed by atoms with Crippen molar-refractivity contribution in [3.8, 4) is 0 Å². The molecule has 9 atom stereocenters. The lowest BCUT2D eigenvalue weighted by atomic mass is 9.44. The highest BCUT2D eigenvalue weighted by Crippen LogP contribution is 2.69. The lowest BCUT2D eigenvalue weighted by Gasteiger charge is -2.60. The fraction of sp³-hybridized carbons (Fsp3) is 1.00. The van der Waals surface area contributed by atoms with Crippen LogP contribution < -0.4 is 0 Å². The van der Waals surface area contributed by atoms with E-state index in [1.54, 1.807) is 0 Å². The quantitative estimate of drug-likeness (QED) is 0.682. The van der Waals surface area contributed by atoms with Gasteiger partial charge in [-0.3, -0.25) is 0 Å². The summed E-state index contributed by atoms with van der Waals surface area (Å²) < 4.78 is 5.91. The molecule has 124 valence electrons. The van der Waals surface area contributed by atoms with Crippen LogP contribution in [0.5, 0.6) is 0 Å². The third-order valence-corrected chi connectivity index (χ3v) is 9.47. The van der Waals surface area contributed by atoms with Crippen LogP contribution in [0.2, 0.25) is 0 Å². The van der Waals surface area contributed by atoms with Gasteiger partial charge >= 0.3 is 0 Å². The summed E-state index contributed by atoms with van der Waals surface area (Å²) >= 11 is 0. The topological polar surface area (TPSA) is 32.8 Å². The van der Waals surface area contributed by atoms with Gasteiger partial charge in [-0.25, -0.2) is 0 Å². The number of hydrogen-bond donors (Lipinski definition) is 1. The summed E-state index contributed by atoms with van der Waals surface area (Å²) in [5.74, 6) is 3.42. The highest BCUT2D eigenvalue weighted by atomic mass is 16.6. The van der Waals surface area contributed by atoms with Crippen LogP contribution in [0.25, 0.3) is 0 Å². The largest absolute Gasteiger partial charge is 0.390 e. The van der Waals surface area contributed by atoms with Gasteiger partial charge in [0.15, 0.2) is 0 Å². The fourth-order valence-electron chi connectivity index (χ4n) is 7.76. The van der Waals surface area contributed by atoms with E-state index < -0.39 is 5.60 Å². The van der Waals surface area contributed by atoms with Crippen molar-refractivity contribution in [3.63, 3.8) is 0 Å². The first-order valence-corrected chi connectivity index (χ1v) is 9.73. The summed E-state index contributed by atoms with van der Waals surface area (Å²) in [5.41, 5.74) is 0.263. The van der Waals surface area contributed by atoms with Gasteiger partial charge in [0.1, 0.15) is 0 Å². The zero-order chi connectivity index (χ0) is 15.3. The first-order chi connectivity index (χ1) is 10.4. The van der Waals surface area contributed by atoms with Crippen LogP contribution in [0.3, 0.4) is 0 Å². The van der Waals surface area contributed by atoms with Crippen molar-refractivity contribution in [1.82, 2.24) is 0 Å². The van der Waals surface area contributed by atoms with Crippen LogP contribution in [-0.4, -0.2) is 22.9 Å². The van der Waals surface area contributed by atoms with Crippen LogP contribution in [0.4, 0.5) is 0 Å². The van der Waals surface area contributed by atoms with Gasteiger partial charge in [0, 0.05) is 0 Å². The molecule has 4 saturated carbocycles. The molecule has 5 fully saturated rings. The van der Waals surface area contributed by atoms with Crippen molar-refractivity contribution >= 4 is 0 Å². The molecule has 0 bridgehead atoms. The predicted octanol–water partition coefficient (Wildman–Crippen LogP) is 4.16. The Hall–Kier alpha value is -0.0800. The molecule has 1 saturated heterocycles. The minimum absolute atomic E-state index is 0.171. The summed E-state index contributed by atoms with van der Waals surface area (Å²) in [6.07, 6.45) is 11.6. The molecule has 0 radical (unpaired) electrons. The molecule has 5 aliphatic rings. The average molecular weight is 304 g/mol. The molecule has 0 spiro atoms. The molecular formula is C20H32O2. The number of aliphatic hydroxyl groups is 1. The zero-order valence-corrected chi connectivity index (χ0v) is 14.5. The standard InChI is InChI=1S/C20H32O2/c1-18-11-17-16(22-17)10-12(18)4-5-13-14(18)6-8-19(2)15(13)7-9-20(19,3)21/h12-17,21H,4-11H2,1-3H3/t12?,13-,14+,15+,16+,17-,18+,19+,20+/m1/s1. The van der Waals surface area contributed by atoms with Gasteiger partial charge in [0.2, 0.25) is 0 Å². The minimum atomic E-state index is -0.433. The maximum absolute atomic E-state index is 11.0. The van der Waals surface area contributed by atoms with Crippen LogP contribution in [0.15, 0.2) is 0 Å². The Labute approximate surface area is 135 Å². The molecular weight excluding hydrogens is 272 g/mol. The molecule has 2 heteroatoms. The van der Waals surface area contributed by atoms with E-state index in [1.165, 1.54) is 44.9 Å². The summed E-state index contributed by atoms with van der Waals surface area (Å²) in [6.45, 7) is 7.11. The number of rotatable bonds is 0. The summed E-state index contributed by atoms with van der Waals surface area (Å²) in [6, 6.07) is 0. The van der Waals surface area contributed by atoms with E-state index in [2.05, 4.69) is 20.8 Å². The van der Waals surface area contributed by atoms with Crippen molar-refractivity contribution in [3.05, 3.63) is 0 Å². The van der Waals surface area contributed by atoms with Gasteiger partial charge < -0.3 is 9.84 Å². The molecule has 0 aromatic rings. The average Bonchev–Trinajstić information content (AvgIpc) is 3.14. The Morgan fingerprint density at radius 2 is 1.68 bits per heavy atom. The second-order valence-corrected chi connectivity index (χ2v) is 10.1. The van der Waals surface area contributed by atoms with Gasteiger partial charge in [0.25, 0.3) is 0 Å². The molecule has 5 rings (SSSR count). The van der Waals surface area contributed by atoms with E-state index in [0.29, 0.717) is 17.6 Å². The Bertz CT molecular complexity index is 500. The van der Waals surface area contributed by atoms with E-state index in [4.69, 9.17) is 4.74 Å². The van der Waals surface area contributed by atoms with E-state index in [-0.39, 0.29) is 5.41 Å². The van der Waals surface area contributed by atoms with E-state index in [0.717, 1.165) is 30.1 Å². The van der Waals surface area contributed by atoms with Crippen LogP contribution >= 0.6 is 0 Å². The monoisotopic (exact) mass is 304 g/mol. The first kappa shape index (κ1) is 14.3. The third-order valence-electron chi connectivity index (χ3n) is 9.47. The molecule has 2 nitrogen and oxygen atoms in total. The Kier molecular flexibility index (Phi) is 2.67. The van der Waals surface area contributed by atoms with Gasteiger partial charge in [-0.05, 0) is 92.8 Å². The Morgan fingerprint density at radius 3 is 2.50 bits per heavy atom. The highest BCUT2D eigenvalue weighted by molar-refractivity contribution is 5.14.